The summed E-state index contributed by atoms with van der Waals surface area (Å²) in [6.45, 7) is 3.92. The van der Waals surface area contributed by atoms with Crippen molar-refractivity contribution in [1.29, 1.82) is 0 Å². The molecule has 150 valence electrons. The van der Waals surface area contributed by atoms with Crippen molar-refractivity contribution in [1.82, 2.24) is 15.3 Å². The molecule has 1 N–H and O–H groups in total. The molecule has 1 aliphatic rings. The van der Waals surface area contributed by atoms with Gasteiger partial charge in [0.05, 0.1) is 30.0 Å². The summed E-state index contributed by atoms with van der Waals surface area (Å²) in [6.07, 6.45) is 1.51. The number of halogens is 2. The molecule has 0 saturated carbocycles. The maximum absolute atomic E-state index is 14.1. The van der Waals surface area contributed by atoms with Crippen molar-refractivity contribution in [3.8, 4) is 11.1 Å². The molecule has 4 rings (SSSR count). The minimum absolute atomic E-state index is 0.240. The minimum Gasteiger partial charge on any atom is -0.378 e. The second-order valence-electron chi connectivity index (χ2n) is 6.81. The van der Waals surface area contributed by atoms with Crippen LogP contribution in [-0.4, -0.2) is 49.2 Å². The average Bonchev–Trinajstić information content (AvgIpc) is 2.75. The van der Waals surface area contributed by atoms with Crippen LogP contribution in [0.3, 0.4) is 0 Å². The Bertz CT molecular complexity index is 1100. The molecule has 2 aromatic heterocycles. The van der Waals surface area contributed by atoms with Crippen molar-refractivity contribution in [3.63, 3.8) is 0 Å². The van der Waals surface area contributed by atoms with Gasteiger partial charge in [-0.1, -0.05) is 18.2 Å². The summed E-state index contributed by atoms with van der Waals surface area (Å²) in [5.41, 5.74) is 2.96. The van der Waals surface area contributed by atoms with Gasteiger partial charge < -0.3 is 15.0 Å². The van der Waals surface area contributed by atoms with Crippen LogP contribution in [0.15, 0.2) is 30.5 Å². The van der Waals surface area contributed by atoms with E-state index in [4.69, 9.17) is 4.74 Å². The van der Waals surface area contributed by atoms with Gasteiger partial charge in [0.25, 0.3) is 5.91 Å². The lowest BCUT2D eigenvalue weighted by Crippen LogP contribution is -2.38. The smallest absolute Gasteiger partial charge is 0.254 e. The number of amides is 1. The molecule has 1 saturated heterocycles. The number of para-hydroxylation sites is 1. The molecule has 1 aliphatic heterocycles. The van der Waals surface area contributed by atoms with Crippen LogP contribution in [0.2, 0.25) is 0 Å². The largest absolute Gasteiger partial charge is 0.378 e. The number of rotatable bonds is 3. The number of aromatic nitrogens is 2. The third kappa shape index (κ3) is 3.40. The van der Waals surface area contributed by atoms with Gasteiger partial charge in [-0.2, -0.15) is 13.8 Å². The number of carbonyl (C=O) groups excluding carboxylic acids is 1. The first-order valence-electron chi connectivity index (χ1n) is 9.30. The molecule has 3 aromatic rings. The summed E-state index contributed by atoms with van der Waals surface area (Å²) in [7, 11) is 1.57. The third-order valence-electron chi connectivity index (χ3n) is 5.14. The summed E-state index contributed by atoms with van der Waals surface area (Å²) in [6, 6.07) is 6.63. The molecular formula is C21H20F2N4O2. The zero-order valence-corrected chi connectivity index (χ0v) is 16.1. The minimum atomic E-state index is -0.893. The Balaban J connectivity index is 2.00. The van der Waals surface area contributed by atoms with E-state index in [-0.39, 0.29) is 11.5 Å². The molecule has 0 bridgehead atoms. The first-order chi connectivity index (χ1) is 14.0. The van der Waals surface area contributed by atoms with E-state index in [9.17, 15) is 13.6 Å². The molecular weight excluding hydrogens is 378 g/mol. The highest BCUT2D eigenvalue weighted by Gasteiger charge is 2.23. The topological polar surface area (TPSA) is 67.4 Å². The van der Waals surface area contributed by atoms with Gasteiger partial charge in [0, 0.05) is 48.9 Å². The fourth-order valence-corrected chi connectivity index (χ4v) is 3.68. The first-order valence-corrected chi connectivity index (χ1v) is 9.30. The molecule has 1 aromatic carbocycles. The number of nitrogens with one attached hydrogen (secondary N) is 1. The number of anilines is 1. The van der Waals surface area contributed by atoms with Crippen LogP contribution < -0.4 is 10.2 Å². The highest BCUT2D eigenvalue weighted by molar-refractivity contribution is 6.10. The molecule has 29 heavy (non-hydrogen) atoms. The zero-order chi connectivity index (χ0) is 20.5. The van der Waals surface area contributed by atoms with E-state index < -0.39 is 11.9 Å². The van der Waals surface area contributed by atoms with E-state index >= 15 is 0 Å². The maximum atomic E-state index is 14.1. The van der Waals surface area contributed by atoms with Gasteiger partial charge in [0.15, 0.2) is 0 Å². The standard InChI is InChI=1S/C21H20F2N4O2/c1-12-15(10-17(22)26-20(12)23)13-4-3-5-14-18(13)25-11-16(21(28)24-2)19(14)27-6-8-29-9-7-27/h3-5,10-11H,6-9H2,1-2H3,(H,24,28). The Labute approximate surface area is 166 Å². The molecule has 0 unspecified atom stereocenters. The van der Waals surface area contributed by atoms with Gasteiger partial charge in [0.1, 0.15) is 0 Å². The van der Waals surface area contributed by atoms with E-state index in [0.717, 1.165) is 11.1 Å². The number of ether oxygens (including phenoxy) is 1. The van der Waals surface area contributed by atoms with Crippen LogP contribution >= 0.6 is 0 Å². The molecule has 3 heterocycles. The molecule has 1 amide bonds. The Morgan fingerprint density at radius 2 is 1.97 bits per heavy atom. The van der Waals surface area contributed by atoms with Crippen LogP contribution in [0.1, 0.15) is 15.9 Å². The van der Waals surface area contributed by atoms with Gasteiger partial charge >= 0.3 is 0 Å². The predicted molar refractivity (Wildman–Crippen MR) is 106 cm³/mol. The molecule has 1 fully saturated rings. The monoisotopic (exact) mass is 398 g/mol. The number of pyridine rings is 2. The van der Waals surface area contributed by atoms with Crippen molar-refractivity contribution < 1.29 is 18.3 Å². The quantitative estimate of drug-likeness (QED) is 0.687. The molecule has 0 radical (unpaired) electrons. The van der Waals surface area contributed by atoms with Gasteiger partial charge in [-0.15, -0.1) is 0 Å². The first kappa shape index (κ1) is 19.2. The molecule has 0 spiro atoms. The van der Waals surface area contributed by atoms with Crippen molar-refractivity contribution in [2.75, 3.05) is 38.3 Å². The van der Waals surface area contributed by atoms with E-state index in [1.54, 1.807) is 26.1 Å². The maximum Gasteiger partial charge on any atom is 0.254 e. The van der Waals surface area contributed by atoms with Crippen LogP contribution in [0.5, 0.6) is 0 Å². The molecule has 8 heteroatoms. The molecule has 0 aliphatic carbocycles. The summed E-state index contributed by atoms with van der Waals surface area (Å²) < 4.78 is 33.3. The number of carbonyl (C=O) groups is 1. The summed E-state index contributed by atoms with van der Waals surface area (Å²) in [5, 5.41) is 3.39. The van der Waals surface area contributed by atoms with Crippen LogP contribution in [0.25, 0.3) is 22.0 Å². The Hall–Kier alpha value is -3.13. The Morgan fingerprint density at radius 1 is 1.21 bits per heavy atom. The lowest BCUT2D eigenvalue weighted by molar-refractivity contribution is 0.0961. The number of morpholine rings is 1. The lowest BCUT2D eigenvalue weighted by Gasteiger charge is -2.31. The zero-order valence-electron chi connectivity index (χ0n) is 16.1. The Morgan fingerprint density at radius 3 is 2.69 bits per heavy atom. The second-order valence-corrected chi connectivity index (χ2v) is 6.81. The number of nitrogens with zero attached hydrogens (tertiary/aromatic N) is 3. The number of hydrogen-bond acceptors (Lipinski definition) is 5. The molecule has 0 atom stereocenters. The highest BCUT2D eigenvalue weighted by Crippen LogP contribution is 2.36. The van der Waals surface area contributed by atoms with Crippen molar-refractivity contribution in [2.45, 2.75) is 6.92 Å². The normalized spacial score (nSPS) is 14.3. The average molecular weight is 398 g/mol. The number of hydrogen-bond donors (Lipinski definition) is 1. The van der Waals surface area contributed by atoms with E-state index in [0.29, 0.717) is 48.5 Å². The summed E-state index contributed by atoms with van der Waals surface area (Å²) in [5.74, 6) is -1.99. The fourth-order valence-electron chi connectivity index (χ4n) is 3.68. The fraction of sp³-hybridized carbons (Fsp3) is 0.286. The predicted octanol–water partition coefficient (Wildman–Crippen LogP) is 3.08. The second kappa shape index (κ2) is 7.71. The summed E-state index contributed by atoms with van der Waals surface area (Å²) >= 11 is 0. The molecule has 6 nitrogen and oxygen atoms in total. The Kier molecular flexibility index (Phi) is 5.10. The SMILES string of the molecule is CNC(=O)c1cnc2c(-c3cc(F)nc(F)c3C)cccc2c1N1CCOCC1. The van der Waals surface area contributed by atoms with Crippen LogP contribution in [0, 0.1) is 18.8 Å². The van der Waals surface area contributed by atoms with Gasteiger partial charge in [-0.3, -0.25) is 9.78 Å². The lowest BCUT2D eigenvalue weighted by atomic mass is 9.97. The van der Waals surface area contributed by atoms with Crippen LogP contribution in [0.4, 0.5) is 14.5 Å². The van der Waals surface area contributed by atoms with E-state index in [1.807, 2.05) is 6.07 Å². The number of fused-ring (bicyclic) bond motifs is 1. The van der Waals surface area contributed by atoms with Gasteiger partial charge in [-0.25, -0.2) is 0 Å². The highest BCUT2D eigenvalue weighted by atomic mass is 19.1. The van der Waals surface area contributed by atoms with Gasteiger partial charge in [0.2, 0.25) is 11.9 Å². The van der Waals surface area contributed by atoms with Gasteiger partial charge in [-0.05, 0) is 12.5 Å². The number of benzene rings is 1. The van der Waals surface area contributed by atoms with E-state index in [2.05, 4.69) is 20.2 Å². The summed E-state index contributed by atoms with van der Waals surface area (Å²) in [4.78, 5) is 22.3. The third-order valence-corrected chi connectivity index (χ3v) is 5.14. The van der Waals surface area contributed by atoms with E-state index in [1.165, 1.54) is 12.3 Å². The van der Waals surface area contributed by atoms with Crippen molar-refractivity contribution in [2.24, 2.45) is 0 Å². The van der Waals surface area contributed by atoms with Crippen molar-refractivity contribution in [3.05, 3.63) is 53.5 Å². The van der Waals surface area contributed by atoms with Crippen molar-refractivity contribution >= 4 is 22.5 Å². The van der Waals surface area contributed by atoms with Crippen LogP contribution in [-0.2, 0) is 4.74 Å².